The largest absolute Gasteiger partial charge is 0.316 e. The van der Waals surface area contributed by atoms with Crippen LogP contribution in [0, 0.1) is 0 Å². The van der Waals surface area contributed by atoms with E-state index in [0.717, 1.165) is 17.1 Å². The molecule has 0 amide bonds. The maximum absolute atomic E-state index is 2.52. The molecule has 0 spiro atoms. The van der Waals surface area contributed by atoms with Crippen LogP contribution in [0.25, 0.3) is 99.3 Å². The van der Waals surface area contributed by atoms with Crippen molar-refractivity contribution in [1.29, 1.82) is 0 Å². The first-order valence-electron chi connectivity index (χ1n) is 20.5. The zero-order valence-electron chi connectivity index (χ0n) is 32.8. The van der Waals surface area contributed by atoms with Crippen molar-refractivity contribution in [3.8, 4) is 33.9 Å². The van der Waals surface area contributed by atoms with Crippen molar-refractivity contribution < 1.29 is 0 Å². The van der Waals surface area contributed by atoms with Crippen LogP contribution in [0.3, 0.4) is 0 Å². The van der Waals surface area contributed by atoms with Gasteiger partial charge in [0.1, 0.15) is 8.07 Å². The summed E-state index contributed by atoms with van der Waals surface area (Å²) < 4.78 is 9.49. The van der Waals surface area contributed by atoms with Gasteiger partial charge in [-0.15, -0.1) is 0 Å². The van der Waals surface area contributed by atoms with Crippen molar-refractivity contribution in [1.82, 2.24) is 18.3 Å². The molecule has 0 bridgehead atoms. The van der Waals surface area contributed by atoms with Gasteiger partial charge in [-0.1, -0.05) is 104 Å². The Labute approximate surface area is 342 Å². The highest BCUT2D eigenvalue weighted by atomic mass is 28.3. The Balaban J connectivity index is 0.895. The monoisotopic (exact) mass is 770 g/mol. The summed E-state index contributed by atoms with van der Waals surface area (Å²) in [7, 11) is -1.80. The summed E-state index contributed by atoms with van der Waals surface area (Å²) in [4.78, 5) is 0. The third kappa shape index (κ3) is 4.48. The number of nitrogens with zero attached hydrogens (tertiary/aromatic N) is 4. The van der Waals surface area contributed by atoms with Crippen LogP contribution in [0.2, 0.25) is 13.1 Å². The molecule has 8 aromatic carbocycles. The standard InChI is InChI=1S/C54H38N4Si/c1-59(2)52-18-10-6-14-43(52)46-33-51-45(34-53(46)59)42-13-5-9-17-50(42)58(51)39-26-22-37(23-27-39)56-31-29-35-19-28-47-44(54(35)56)30-32-55(47)36-20-24-38(25-21-36)57-48-15-7-3-11-40(48)41-12-4-8-16-49(41)57/h3-34H,1-2H3. The molecule has 0 fully saturated rings. The molecule has 5 heteroatoms. The van der Waals surface area contributed by atoms with Crippen molar-refractivity contribution in [2.75, 3.05) is 0 Å². The van der Waals surface area contributed by atoms with Crippen molar-refractivity contribution >= 4 is 83.9 Å². The van der Waals surface area contributed by atoms with Crippen LogP contribution in [0.1, 0.15) is 0 Å². The van der Waals surface area contributed by atoms with E-state index >= 15 is 0 Å². The lowest BCUT2D eigenvalue weighted by Crippen LogP contribution is -2.49. The summed E-state index contributed by atoms with van der Waals surface area (Å²) in [6.45, 7) is 5.00. The Bertz CT molecular complexity index is 3630. The van der Waals surface area contributed by atoms with Crippen LogP contribution in [-0.4, -0.2) is 26.3 Å². The van der Waals surface area contributed by atoms with Gasteiger partial charge in [0.05, 0.1) is 33.1 Å². The average Bonchev–Trinajstić information content (AvgIpc) is 4.09. The molecule has 4 nitrogen and oxygen atoms in total. The summed E-state index contributed by atoms with van der Waals surface area (Å²) in [5.74, 6) is 0. The Morgan fingerprint density at radius 1 is 0.339 bits per heavy atom. The molecule has 278 valence electrons. The van der Waals surface area contributed by atoms with Crippen LogP contribution in [0.4, 0.5) is 0 Å². The Morgan fingerprint density at radius 3 is 1.53 bits per heavy atom. The van der Waals surface area contributed by atoms with Gasteiger partial charge in [-0.05, 0) is 112 Å². The first-order chi connectivity index (χ1) is 29.0. The fraction of sp³-hybridized carbons (Fsp3) is 0.0370. The van der Waals surface area contributed by atoms with Crippen molar-refractivity contribution in [3.63, 3.8) is 0 Å². The molecule has 0 atom stereocenters. The van der Waals surface area contributed by atoms with Crippen LogP contribution < -0.4 is 10.4 Å². The second-order valence-electron chi connectivity index (χ2n) is 16.6. The van der Waals surface area contributed by atoms with Gasteiger partial charge < -0.3 is 18.3 Å². The van der Waals surface area contributed by atoms with Gasteiger partial charge in [-0.25, -0.2) is 0 Å². The SMILES string of the molecule is C[Si]1(C)c2ccccc2-c2cc3c(cc21)c1ccccc1n3-c1ccc(-n2ccc3ccc4c(ccn4-c4ccc(-n5c6ccccc6c6ccccc65)cc4)c32)cc1. The average molecular weight is 771 g/mol. The zero-order valence-corrected chi connectivity index (χ0v) is 33.8. The lowest BCUT2D eigenvalue weighted by molar-refractivity contribution is 1.11. The summed E-state index contributed by atoms with van der Waals surface area (Å²) in [5.41, 5.74) is 14.8. The van der Waals surface area contributed by atoms with Crippen molar-refractivity contribution in [2.45, 2.75) is 13.1 Å². The number of para-hydroxylation sites is 3. The molecule has 59 heavy (non-hydrogen) atoms. The second kappa shape index (κ2) is 11.9. The van der Waals surface area contributed by atoms with E-state index in [1.165, 1.54) is 82.2 Å². The summed E-state index contributed by atoms with van der Waals surface area (Å²) in [6.07, 6.45) is 4.42. The fourth-order valence-electron chi connectivity index (χ4n) is 10.5. The smallest absolute Gasteiger partial charge is 0.113 e. The molecule has 1 aliphatic rings. The van der Waals surface area contributed by atoms with Crippen molar-refractivity contribution in [2.24, 2.45) is 0 Å². The molecule has 12 aromatic rings. The number of fused-ring (bicyclic) bond motifs is 12. The highest BCUT2D eigenvalue weighted by Gasteiger charge is 2.38. The van der Waals surface area contributed by atoms with E-state index < -0.39 is 8.07 Å². The Morgan fingerprint density at radius 2 is 0.864 bits per heavy atom. The predicted octanol–water partition coefficient (Wildman–Crippen LogP) is 12.6. The number of hydrogen-bond donors (Lipinski definition) is 0. The number of hydrogen-bond acceptors (Lipinski definition) is 0. The fourth-order valence-corrected chi connectivity index (χ4v) is 13.5. The molecule has 4 aromatic heterocycles. The summed E-state index contributed by atoms with van der Waals surface area (Å²) >= 11 is 0. The molecule has 1 aliphatic heterocycles. The predicted molar refractivity (Wildman–Crippen MR) is 251 cm³/mol. The highest BCUT2D eigenvalue weighted by Crippen LogP contribution is 2.39. The Kier molecular flexibility index (Phi) is 6.57. The molecule has 0 radical (unpaired) electrons. The van der Waals surface area contributed by atoms with E-state index in [4.69, 9.17) is 0 Å². The lowest BCUT2D eigenvalue weighted by Gasteiger charge is -2.18. The van der Waals surface area contributed by atoms with E-state index in [0.29, 0.717) is 0 Å². The molecule has 0 N–H and O–H groups in total. The van der Waals surface area contributed by atoms with E-state index in [1.54, 1.807) is 10.4 Å². The van der Waals surface area contributed by atoms with E-state index in [2.05, 4.69) is 226 Å². The third-order valence-corrected chi connectivity index (χ3v) is 16.8. The van der Waals surface area contributed by atoms with E-state index in [9.17, 15) is 0 Å². The van der Waals surface area contributed by atoms with Gasteiger partial charge in [0.15, 0.2) is 0 Å². The lowest BCUT2D eigenvalue weighted by atomic mass is 10.0. The van der Waals surface area contributed by atoms with Gasteiger partial charge in [0, 0.05) is 67.5 Å². The molecule has 0 saturated carbocycles. The number of benzene rings is 8. The second-order valence-corrected chi connectivity index (χ2v) is 21.0. The van der Waals surface area contributed by atoms with Crippen LogP contribution in [0.15, 0.2) is 194 Å². The number of rotatable bonds is 4. The minimum atomic E-state index is -1.80. The maximum atomic E-state index is 2.52. The van der Waals surface area contributed by atoms with Gasteiger partial charge in [-0.2, -0.15) is 0 Å². The topological polar surface area (TPSA) is 19.7 Å². The van der Waals surface area contributed by atoms with Gasteiger partial charge in [-0.3, -0.25) is 0 Å². The van der Waals surface area contributed by atoms with E-state index in [1.807, 2.05) is 0 Å². The number of aromatic nitrogens is 4. The minimum absolute atomic E-state index is 1.14. The molecule has 5 heterocycles. The highest BCUT2D eigenvalue weighted by molar-refractivity contribution is 7.04. The van der Waals surface area contributed by atoms with Crippen LogP contribution in [0.5, 0.6) is 0 Å². The minimum Gasteiger partial charge on any atom is -0.316 e. The Hall–Kier alpha value is -7.34. The third-order valence-electron chi connectivity index (χ3n) is 13.2. The molecule has 13 rings (SSSR count). The van der Waals surface area contributed by atoms with Crippen LogP contribution in [-0.2, 0) is 0 Å². The normalized spacial score (nSPS) is 13.4. The van der Waals surface area contributed by atoms with Crippen LogP contribution >= 0.6 is 0 Å². The molecule has 0 unspecified atom stereocenters. The summed E-state index contributed by atoms with van der Waals surface area (Å²) in [6, 6.07) is 67.4. The first kappa shape index (κ1) is 32.7. The zero-order chi connectivity index (χ0) is 39.0. The first-order valence-corrected chi connectivity index (χ1v) is 23.5. The molecule has 0 aliphatic carbocycles. The maximum Gasteiger partial charge on any atom is 0.113 e. The quantitative estimate of drug-likeness (QED) is 0.159. The summed E-state index contributed by atoms with van der Waals surface area (Å²) in [5, 5.41) is 10.7. The van der Waals surface area contributed by atoms with Crippen molar-refractivity contribution in [3.05, 3.63) is 194 Å². The molecular formula is C54H38N4Si. The molecular weight excluding hydrogens is 733 g/mol. The van der Waals surface area contributed by atoms with E-state index in [-0.39, 0.29) is 0 Å². The molecule has 0 saturated heterocycles. The van der Waals surface area contributed by atoms with Gasteiger partial charge in [0.25, 0.3) is 0 Å². The van der Waals surface area contributed by atoms with Gasteiger partial charge >= 0.3 is 0 Å². The van der Waals surface area contributed by atoms with Gasteiger partial charge in [0.2, 0.25) is 0 Å².